The summed E-state index contributed by atoms with van der Waals surface area (Å²) in [6, 6.07) is 0. The Morgan fingerprint density at radius 2 is 1.85 bits per heavy atom. The van der Waals surface area contributed by atoms with Crippen molar-refractivity contribution in [3.05, 3.63) is 0 Å². The average Bonchev–Trinajstić information content (AvgIpc) is 2.48. The minimum atomic E-state index is 0.282. The van der Waals surface area contributed by atoms with Crippen molar-refractivity contribution in [2.24, 2.45) is 23.5 Å². The van der Waals surface area contributed by atoms with E-state index in [1.54, 1.807) is 0 Å². The van der Waals surface area contributed by atoms with Crippen molar-refractivity contribution in [3.63, 3.8) is 0 Å². The van der Waals surface area contributed by atoms with Gasteiger partial charge in [0.1, 0.15) is 0 Å². The highest BCUT2D eigenvalue weighted by Gasteiger charge is 2.40. The van der Waals surface area contributed by atoms with Crippen LogP contribution in [0.15, 0.2) is 0 Å². The molecule has 0 aromatic rings. The fourth-order valence-electron chi connectivity index (χ4n) is 4.07. The number of nitrogens with zero attached hydrogens (tertiary/aromatic N) is 1. The first-order chi connectivity index (χ1) is 9.52. The van der Waals surface area contributed by atoms with Crippen LogP contribution < -0.4 is 5.73 Å². The summed E-state index contributed by atoms with van der Waals surface area (Å²) in [5.74, 6) is 2.49. The van der Waals surface area contributed by atoms with Crippen LogP contribution in [-0.4, -0.2) is 30.1 Å². The summed E-state index contributed by atoms with van der Waals surface area (Å²) in [4.78, 5) is 2.74. The molecule has 2 N–H and O–H groups in total. The summed E-state index contributed by atoms with van der Waals surface area (Å²) >= 11 is 0. The number of hydrogen-bond acceptors (Lipinski definition) is 2. The molecule has 1 fully saturated rings. The molecule has 1 saturated carbocycles. The Hall–Kier alpha value is -0.0800. The maximum atomic E-state index is 6.29. The minimum absolute atomic E-state index is 0.282. The fourth-order valence-corrected chi connectivity index (χ4v) is 4.07. The van der Waals surface area contributed by atoms with E-state index in [9.17, 15) is 0 Å². The molecular weight excluding hydrogens is 244 g/mol. The van der Waals surface area contributed by atoms with Gasteiger partial charge in [0.25, 0.3) is 0 Å². The summed E-state index contributed by atoms with van der Waals surface area (Å²) in [5.41, 5.74) is 6.58. The highest BCUT2D eigenvalue weighted by Crippen LogP contribution is 2.40. The van der Waals surface area contributed by atoms with Gasteiger partial charge in [0.05, 0.1) is 0 Å². The van der Waals surface area contributed by atoms with Gasteiger partial charge in [0, 0.05) is 18.6 Å². The van der Waals surface area contributed by atoms with E-state index in [-0.39, 0.29) is 5.54 Å². The third-order valence-electron chi connectivity index (χ3n) is 5.87. The van der Waals surface area contributed by atoms with Crippen molar-refractivity contribution >= 4 is 0 Å². The first-order valence-corrected chi connectivity index (χ1v) is 8.98. The molecular formula is C18H38N2. The molecule has 1 aliphatic carbocycles. The van der Waals surface area contributed by atoms with Crippen molar-refractivity contribution in [1.29, 1.82) is 0 Å². The van der Waals surface area contributed by atoms with Gasteiger partial charge < -0.3 is 5.73 Å². The molecule has 1 aliphatic rings. The molecule has 0 bridgehead atoms. The predicted molar refractivity (Wildman–Crippen MR) is 89.9 cm³/mol. The van der Waals surface area contributed by atoms with Crippen molar-refractivity contribution in [1.82, 2.24) is 4.90 Å². The number of likely N-dealkylation sites (N-methyl/N-ethyl adjacent to an activating group) is 1. The standard InChI is InChI=1S/C18H38N2/c1-6-16(7-2)13-20(8-3)18(14-19)11-9-10-17(12-18)15(4)5/h15-17H,6-14,19H2,1-5H3. The zero-order chi connectivity index (χ0) is 15.2. The van der Waals surface area contributed by atoms with Gasteiger partial charge >= 0.3 is 0 Å². The van der Waals surface area contributed by atoms with Gasteiger partial charge in [-0.3, -0.25) is 4.90 Å². The Labute approximate surface area is 127 Å². The van der Waals surface area contributed by atoms with Gasteiger partial charge in [-0.25, -0.2) is 0 Å². The molecule has 1 rings (SSSR count). The molecule has 0 aromatic heterocycles. The Balaban J connectivity index is 2.82. The molecule has 120 valence electrons. The van der Waals surface area contributed by atoms with Crippen molar-refractivity contribution in [2.75, 3.05) is 19.6 Å². The molecule has 0 radical (unpaired) electrons. The van der Waals surface area contributed by atoms with E-state index in [1.165, 1.54) is 45.1 Å². The predicted octanol–water partition coefficient (Wildman–Crippen LogP) is 4.29. The van der Waals surface area contributed by atoms with Crippen LogP contribution in [0.25, 0.3) is 0 Å². The summed E-state index contributed by atoms with van der Waals surface area (Å²) in [5, 5.41) is 0. The molecule has 2 unspecified atom stereocenters. The first-order valence-electron chi connectivity index (χ1n) is 8.98. The quantitative estimate of drug-likeness (QED) is 0.719. The molecule has 0 heterocycles. The van der Waals surface area contributed by atoms with E-state index in [2.05, 4.69) is 39.5 Å². The molecule has 20 heavy (non-hydrogen) atoms. The van der Waals surface area contributed by atoms with Crippen molar-refractivity contribution < 1.29 is 0 Å². The normalized spacial score (nSPS) is 27.8. The zero-order valence-corrected chi connectivity index (χ0v) is 14.6. The number of nitrogens with two attached hydrogens (primary N) is 1. The summed E-state index contributed by atoms with van der Waals surface area (Å²) in [7, 11) is 0. The van der Waals surface area contributed by atoms with Gasteiger partial charge in [-0.1, -0.05) is 60.3 Å². The lowest BCUT2D eigenvalue weighted by molar-refractivity contribution is 0.0173. The second-order valence-corrected chi connectivity index (χ2v) is 7.25. The number of rotatable bonds is 8. The van der Waals surface area contributed by atoms with Crippen LogP contribution in [-0.2, 0) is 0 Å². The molecule has 2 heteroatoms. The van der Waals surface area contributed by atoms with Gasteiger partial charge in [-0.15, -0.1) is 0 Å². The number of hydrogen-bond donors (Lipinski definition) is 1. The lowest BCUT2D eigenvalue weighted by atomic mass is 9.70. The summed E-state index contributed by atoms with van der Waals surface area (Å²) < 4.78 is 0. The molecule has 2 nitrogen and oxygen atoms in total. The van der Waals surface area contributed by atoms with Gasteiger partial charge in [0.15, 0.2) is 0 Å². The summed E-state index contributed by atoms with van der Waals surface area (Å²) in [6.45, 7) is 15.0. The third-order valence-corrected chi connectivity index (χ3v) is 5.87. The minimum Gasteiger partial charge on any atom is -0.329 e. The largest absolute Gasteiger partial charge is 0.329 e. The lowest BCUT2D eigenvalue weighted by Gasteiger charge is -2.50. The zero-order valence-electron chi connectivity index (χ0n) is 14.6. The first kappa shape index (κ1) is 18.0. The second kappa shape index (κ2) is 8.38. The topological polar surface area (TPSA) is 29.3 Å². The third kappa shape index (κ3) is 4.21. The fraction of sp³-hybridized carbons (Fsp3) is 1.00. The van der Waals surface area contributed by atoms with Gasteiger partial charge in [0.2, 0.25) is 0 Å². The van der Waals surface area contributed by atoms with E-state index in [0.717, 1.165) is 30.8 Å². The van der Waals surface area contributed by atoms with E-state index in [0.29, 0.717) is 0 Å². The maximum Gasteiger partial charge on any atom is 0.0334 e. The van der Waals surface area contributed by atoms with Gasteiger partial charge in [-0.05, 0) is 37.1 Å². The van der Waals surface area contributed by atoms with Crippen LogP contribution >= 0.6 is 0 Å². The monoisotopic (exact) mass is 282 g/mol. The molecule has 0 amide bonds. The highest BCUT2D eigenvalue weighted by atomic mass is 15.2. The Kier molecular flexibility index (Phi) is 7.53. The summed E-state index contributed by atoms with van der Waals surface area (Å²) in [6.07, 6.45) is 7.97. The van der Waals surface area contributed by atoms with Crippen LogP contribution in [0.5, 0.6) is 0 Å². The van der Waals surface area contributed by atoms with Crippen LogP contribution in [0.3, 0.4) is 0 Å². The van der Waals surface area contributed by atoms with Crippen LogP contribution in [0.1, 0.15) is 73.1 Å². The van der Waals surface area contributed by atoms with Crippen molar-refractivity contribution in [3.8, 4) is 0 Å². The average molecular weight is 283 g/mol. The molecule has 0 aliphatic heterocycles. The lowest BCUT2D eigenvalue weighted by Crippen LogP contribution is -2.57. The van der Waals surface area contributed by atoms with Crippen LogP contribution in [0, 0.1) is 17.8 Å². The maximum absolute atomic E-state index is 6.29. The van der Waals surface area contributed by atoms with E-state index >= 15 is 0 Å². The molecule has 0 saturated heterocycles. The molecule has 0 aromatic carbocycles. The highest BCUT2D eigenvalue weighted by molar-refractivity contribution is 4.97. The Bertz CT molecular complexity index is 260. The van der Waals surface area contributed by atoms with Crippen molar-refractivity contribution in [2.45, 2.75) is 78.7 Å². The van der Waals surface area contributed by atoms with E-state index in [4.69, 9.17) is 5.73 Å². The Morgan fingerprint density at radius 1 is 1.20 bits per heavy atom. The smallest absolute Gasteiger partial charge is 0.0334 e. The van der Waals surface area contributed by atoms with E-state index in [1.807, 2.05) is 0 Å². The second-order valence-electron chi connectivity index (χ2n) is 7.25. The van der Waals surface area contributed by atoms with E-state index < -0.39 is 0 Å². The van der Waals surface area contributed by atoms with Crippen LogP contribution in [0.2, 0.25) is 0 Å². The molecule has 2 atom stereocenters. The molecule has 0 spiro atoms. The van der Waals surface area contributed by atoms with Crippen LogP contribution in [0.4, 0.5) is 0 Å². The van der Waals surface area contributed by atoms with Gasteiger partial charge in [-0.2, -0.15) is 0 Å². The SMILES string of the molecule is CCC(CC)CN(CC)C1(CN)CCCC(C(C)C)C1. The Morgan fingerprint density at radius 3 is 2.30 bits per heavy atom.